The van der Waals surface area contributed by atoms with Crippen LogP contribution in [-0.2, 0) is 4.79 Å². The Morgan fingerprint density at radius 3 is 2.75 bits per heavy atom. The van der Waals surface area contributed by atoms with E-state index in [1.54, 1.807) is 18.7 Å². The lowest BCUT2D eigenvalue weighted by molar-refractivity contribution is -0.121. The van der Waals surface area contributed by atoms with E-state index in [1.807, 2.05) is 24.3 Å². The number of hydrazine groups is 1. The van der Waals surface area contributed by atoms with Crippen molar-refractivity contribution in [2.45, 2.75) is 18.1 Å². The van der Waals surface area contributed by atoms with Gasteiger partial charge in [-0.15, -0.1) is 0 Å². The minimum Gasteiger partial charge on any atom is -0.468 e. The Bertz CT molecular complexity index is 613. The molecule has 4 atom stereocenters. The summed E-state index contributed by atoms with van der Waals surface area (Å²) in [4.78, 5) is 16.2. The van der Waals surface area contributed by atoms with E-state index in [0.717, 1.165) is 11.3 Å². The fourth-order valence-corrected chi connectivity index (χ4v) is 3.12. The predicted octanol–water partition coefficient (Wildman–Crippen LogP) is 0.679. The molecule has 6 heteroatoms. The Balaban J connectivity index is 1.72. The van der Waals surface area contributed by atoms with Gasteiger partial charge in [0, 0.05) is 18.3 Å². The second-order valence-electron chi connectivity index (χ2n) is 5.11. The average molecular weight is 270 g/mol. The van der Waals surface area contributed by atoms with E-state index in [-0.39, 0.29) is 30.0 Å². The number of fused-ring (bicyclic) bond motifs is 1. The molecule has 4 heterocycles. The van der Waals surface area contributed by atoms with E-state index in [4.69, 9.17) is 4.42 Å². The zero-order chi connectivity index (χ0) is 13.5. The molecule has 2 saturated heterocycles. The topological polar surface area (TPSA) is 79.2 Å². The number of hydrogen-bond donors (Lipinski definition) is 3. The summed E-state index contributed by atoms with van der Waals surface area (Å²) in [6, 6.07) is 7.27. The maximum atomic E-state index is 12.1. The first-order chi connectivity index (χ1) is 9.84. The Morgan fingerprint density at radius 1 is 1.10 bits per heavy atom. The van der Waals surface area contributed by atoms with E-state index in [1.165, 1.54) is 0 Å². The number of carbonyl (C=O) groups excluding carboxylic acids is 1. The highest BCUT2D eigenvalue weighted by Gasteiger charge is 2.52. The Kier molecular flexibility index (Phi) is 2.58. The number of rotatable bonds is 2. The lowest BCUT2D eigenvalue weighted by Gasteiger charge is -2.22. The molecule has 6 nitrogen and oxygen atoms in total. The number of pyridine rings is 1. The summed E-state index contributed by atoms with van der Waals surface area (Å²) in [5.74, 6) is 0.888. The second kappa shape index (κ2) is 4.43. The maximum Gasteiger partial charge on any atom is 0.239 e. The summed E-state index contributed by atoms with van der Waals surface area (Å²) in [5.41, 5.74) is 7.24. The fraction of sp³-hybridized carbons (Fsp3) is 0.286. The van der Waals surface area contributed by atoms with E-state index in [2.05, 4.69) is 21.2 Å². The van der Waals surface area contributed by atoms with Crippen LogP contribution in [0, 0.1) is 5.92 Å². The van der Waals surface area contributed by atoms with Gasteiger partial charge in [0.15, 0.2) is 0 Å². The van der Waals surface area contributed by atoms with Gasteiger partial charge in [0.1, 0.15) is 11.8 Å². The van der Waals surface area contributed by atoms with Crippen molar-refractivity contribution in [3.05, 3.63) is 54.2 Å². The molecule has 4 unspecified atom stereocenters. The summed E-state index contributed by atoms with van der Waals surface area (Å²) >= 11 is 0. The summed E-state index contributed by atoms with van der Waals surface area (Å²) in [6.45, 7) is 0. The minimum atomic E-state index is -0.254. The largest absolute Gasteiger partial charge is 0.468 e. The Labute approximate surface area is 115 Å². The molecule has 0 aromatic carbocycles. The summed E-state index contributed by atoms with van der Waals surface area (Å²) in [7, 11) is 0. The van der Waals surface area contributed by atoms with Crippen molar-refractivity contribution >= 4 is 5.91 Å². The molecule has 2 aliphatic heterocycles. The van der Waals surface area contributed by atoms with Crippen LogP contribution < -0.4 is 16.2 Å². The third kappa shape index (κ3) is 1.65. The smallest absolute Gasteiger partial charge is 0.239 e. The highest BCUT2D eigenvalue weighted by molar-refractivity contribution is 5.85. The van der Waals surface area contributed by atoms with Crippen molar-refractivity contribution in [2.24, 2.45) is 5.92 Å². The lowest BCUT2D eigenvalue weighted by atomic mass is 9.86. The first kappa shape index (κ1) is 11.6. The van der Waals surface area contributed by atoms with E-state index >= 15 is 0 Å². The summed E-state index contributed by atoms with van der Waals surface area (Å²) in [5, 5.41) is 3.04. The molecule has 4 rings (SSSR count). The van der Waals surface area contributed by atoms with E-state index in [0.29, 0.717) is 0 Å². The molecule has 20 heavy (non-hydrogen) atoms. The minimum absolute atomic E-state index is 0.00501. The van der Waals surface area contributed by atoms with Gasteiger partial charge in [-0.05, 0) is 23.8 Å². The molecule has 2 fully saturated rings. The fourth-order valence-electron chi connectivity index (χ4n) is 3.12. The van der Waals surface area contributed by atoms with Crippen LogP contribution in [0.1, 0.15) is 23.4 Å². The molecule has 2 aromatic rings. The van der Waals surface area contributed by atoms with Gasteiger partial charge in [-0.2, -0.15) is 0 Å². The molecular formula is C14H14N4O2. The predicted molar refractivity (Wildman–Crippen MR) is 70.1 cm³/mol. The summed E-state index contributed by atoms with van der Waals surface area (Å²) in [6.07, 6.45) is 5.17. The monoisotopic (exact) mass is 270 g/mol. The van der Waals surface area contributed by atoms with Crippen LogP contribution >= 0.6 is 0 Å². The zero-order valence-electron chi connectivity index (χ0n) is 10.6. The second-order valence-corrected chi connectivity index (χ2v) is 5.11. The zero-order valence-corrected chi connectivity index (χ0v) is 10.6. The Morgan fingerprint density at radius 2 is 2.00 bits per heavy atom. The average Bonchev–Trinajstić information content (AvgIpc) is 3.17. The van der Waals surface area contributed by atoms with Crippen LogP contribution in [0.15, 0.2) is 47.3 Å². The van der Waals surface area contributed by atoms with Crippen molar-refractivity contribution in [3.63, 3.8) is 0 Å². The Hall–Kier alpha value is -2.18. The molecular weight excluding hydrogens is 256 g/mol. The van der Waals surface area contributed by atoms with Gasteiger partial charge in [0.25, 0.3) is 0 Å². The third-order valence-corrected chi connectivity index (χ3v) is 4.02. The highest BCUT2D eigenvalue weighted by Crippen LogP contribution is 2.41. The van der Waals surface area contributed by atoms with E-state index < -0.39 is 0 Å². The number of carbonyl (C=O) groups is 1. The van der Waals surface area contributed by atoms with Crippen LogP contribution in [0.5, 0.6) is 0 Å². The molecule has 1 amide bonds. The first-order valence-electron chi connectivity index (χ1n) is 6.59. The van der Waals surface area contributed by atoms with Crippen molar-refractivity contribution in [1.29, 1.82) is 0 Å². The number of amides is 1. The van der Waals surface area contributed by atoms with Crippen molar-refractivity contribution < 1.29 is 9.21 Å². The van der Waals surface area contributed by atoms with Crippen molar-refractivity contribution in [2.75, 3.05) is 0 Å². The quantitative estimate of drug-likeness (QED) is 0.748. The standard InChI is InChI=1S/C14H14N4O2/c19-14-13-10(11(16-14)8-3-1-5-15-7-8)12(17-18-13)9-4-2-6-20-9/h1-7,10-13,17-18H,(H,16,19). The number of nitrogens with one attached hydrogen (secondary N) is 3. The third-order valence-electron chi connectivity index (χ3n) is 4.02. The molecule has 0 radical (unpaired) electrons. The first-order valence-corrected chi connectivity index (χ1v) is 6.59. The number of aromatic nitrogens is 1. The van der Waals surface area contributed by atoms with Gasteiger partial charge < -0.3 is 9.73 Å². The molecule has 2 aliphatic rings. The van der Waals surface area contributed by atoms with Gasteiger partial charge in [-0.3, -0.25) is 9.78 Å². The SMILES string of the molecule is O=C1NC(c2cccnc2)C2C1NNC2c1ccco1. The van der Waals surface area contributed by atoms with Gasteiger partial charge in [-0.25, -0.2) is 10.9 Å². The van der Waals surface area contributed by atoms with Gasteiger partial charge >= 0.3 is 0 Å². The van der Waals surface area contributed by atoms with Crippen LogP contribution in [0.2, 0.25) is 0 Å². The number of hydrogen-bond acceptors (Lipinski definition) is 5. The van der Waals surface area contributed by atoms with Gasteiger partial charge in [0.2, 0.25) is 5.91 Å². The van der Waals surface area contributed by atoms with Crippen LogP contribution in [0.4, 0.5) is 0 Å². The number of furan rings is 1. The van der Waals surface area contributed by atoms with Crippen LogP contribution in [0.3, 0.4) is 0 Å². The molecule has 0 spiro atoms. The normalized spacial score (nSPS) is 32.1. The maximum absolute atomic E-state index is 12.1. The molecule has 0 bridgehead atoms. The lowest BCUT2D eigenvalue weighted by Crippen LogP contribution is -2.39. The summed E-state index contributed by atoms with van der Waals surface area (Å²) < 4.78 is 5.49. The van der Waals surface area contributed by atoms with Gasteiger partial charge in [0.05, 0.1) is 18.3 Å². The van der Waals surface area contributed by atoms with Crippen LogP contribution in [-0.4, -0.2) is 16.9 Å². The van der Waals surface area contributed by atoms with Gasteiger partial charge in [-0.1, -0.05) is 6.07 Å². The van der Waals surface area contributed by atoms with Crippen molar-refractivity contribution in [3.8, 4) is 0 Å². The van der Waals surface area contributed by atoms with E-state index in [9.17, 15) is 4.79 Å². The highest BCUT2D eigenvalue weighted by atomic mass is 16.3. The number of nitrogens with zero attached hydrogens (tertiary/aromatic N) is 1. The molecule has 102 valence electrons. The van der Waals surface area contributed by atoms with Crippen molar-refractivity contribution in [1.82, 2.24) is 21.2 Å². The van der Waals surface area contributed by atoms with Crippen LogP contribution in [0.25, 0.3) is 0 Å². The molecule has 3 N–H and O–H groups in total. The molecule has 0 aliphatic carbocycles. The molecule has 2 aromatic heterocycles. The molecule has 0 saturated carbocycles.